The van der Waals surface area contributed by atoms with E-state index >= 15 is 0 Å². The molecule has 0 unspecified atom stereocenters. The van der Waals surface area contributed by atoms with Crippen molar-refractivity contribution in [3.05, 3.63) is 29.3 Å². The SMILES string of the molecule is CC(C)(CNC(=O)c1c(O)cc(F)cc1F)N1CCS(=O)CC1. The molecular weight excluding hydrogens is 326 g/mol. The minimum atomic E-state index is -1.11. The van der Waals surface area contributed by atoms with E-state index in [9.17, 15) is 22.9 Å². The first-order valence-electron chi connectivity index (χ1n) is 7.27. The molecule has 2 rings (SSSR count). The third-order valence-corrected chi connectivity index (χ3v) is 5.25. The zero-order valence-corrected chi connectivity index (χ0v) is 13.9. The maximum Gasteiger partial charge on any atom is 0.258 e. The van der Waals surface area contributed by atoms with Crippen LogP contribution in [-0.4, -0.2) is 56.8 Å². The van der Waals surface area contributed by atoms with Crippen LogP contribution in [0.2, 0.25) is 0 Å². The summed E-state index contributed by atoms with van der Waals surface area (Å²) in [6, 6.07) is 1.25. The molecule has 0 saturated carbocycles. The number of carbonyl (C=O) groups excluding carboxylic acids is 1. The summed E-state index contributed by atoms with van der Waals surface area (Å²) in [6.45, 7) is 5.37. The molecule has 2 N–H and O–H groups in total. The lowest BCUT2D eigenvalue weighted by molar-refractivity contribution is 0.0876. The van der Waals surface area contributed by atoms with Crippen molar-refractivity contribution < 1.29 is 22.9 Å². The monoisotopic (exact) mass is 346 g/mol. The highest BCUT2D eigenvalue weighted by Gasteiger charge is 2.30. The van der Waals surface area contributed by atoms with Crippen molar-refractivity contribution in [2.45, 2.75) is 19.4 Å². The van der Waals surface area contributed by atoms with Crippen LogP contribution >= 0.6 is 0 Å². The molecule has 0 aromatic heterocycles. The molecule has 128 valence electrons. The number of hydrogen-bond acceptors (Lipinski definition) is 4. The first-order chi connectivity index (χ1) is 10.7. The second-order valence-electron chi connectivity index (χ2n) is 6.11. The summed E-state index contributed by atoms with van der Waals surface area (Å²) in [5.41, 5.74) is -0.978. The number of nitrogens with one attached hydrogen (secondary N) is 1. The van der Waals surface area contributed by atoms with Crippen LogP contribution < -0.4 is 5.32 Å². The number of aromatic hydroxyl groups is 1. The Morgan fingerprint density at radius 2 is 1.96 bits per heavy atom. The van der Waals surface area contributed by atoms with Crippen LogP contribution in [0.25, 0.3) is 0 Å². The highest BCUT2D eigenvalue weighted by Crippen LogP contribution is 2.22. The van der Waals surface area contributed by atoms with Gasteiger partial charge in [0.15, 0.2) is 0 Å². The molecule has 23 heavy (non-hydrogen) atoms. The molecule has 0 bridgehead atoms. The van der Waals surface area contributed by atoms with Gasteiger partial charge in [-0.3, -0.25) is 13.9 Å². The number of benzene rings is 1. The van der Waals surface area contributed by atoms with E-state index in [4.69, 9.17) is 0 Å². The van der Waals surface area contributed by atoms with E-state index in [1.165, 1.54) is 0 Å². The van der Waals surface area contributed by atoms with E-state index in [2.05, 4.69) is 10.2 Å². The van der Waals surface area contributed by atoms with Crippen LogP contribution in [0.5, 0.6) is 5.75 Å². The van der Waals surface area contributed by atoms with E-state index in [0.717, 1.165) is 0 Å². The molecule has 5 nitrogen and oxygen atoms in total. The van der Waals surface area contributed by atoms with E-state index in [1.54, 1.807) is 0 Å². The first kappa shape index (κ1) is 17.8. The number of halogens is 2. The molecule has 1 aliphatic heterocycles. The summed E-state index contributed by atoms with van der Waals surface area (Å²) >= 11 is 0. The fourth-order valence-electron chi connectivity index (χ4n) is 2.52. The Morgan fingerprint density at radius 1 is 1.35 bits per heavy atom. The summed E-state index contributed by atoms with van der Waals surface area (Å²) in [7, 11) is -0.794. The Kier molecular flexibility index (Phi) is 5.36. The molecule has 0 atom stereocenters. The zero-order valence-electron chi connectivity index (χ0n) is 13.1. The Balaban J connectivity index is 2.02. The molecule has 0 spiro atoms. The maximum absolute atomic E-state index is 13.7. The molecular formula is C15H20F2N2O3S. The Morgan fingerprint density at radius 3 is 2.52 bits per heavy atom. The molecule has 1 heterocycles. The van der Waals surface area contributed by atoms with Crippen LogP contribution in [0.3, 0.4) is 0 Å². The molecule has 1 saturated heterocycles. The Hall–Kier alpha value is -1.54. The third kappa shape index (κ3) is 4.26. The van der Waals surface area contributed by atoms with Crippen molar-refractivity contribution >= 4 is 16.7 Å². The summed E-state index contributed by atoms with van der Waals surface area (Å²) < 4.78 is 38.0. The largest absolute Gasteiger partial charge is 0.507 e. The molecule has 0 aliphatic carbocycles. The molecule has 1 aromatic carbocycles. The van der Waals surface area contributed by atoms with Gasteiger partial charge in [0.2, 0.25) is 0 Å². The van der Waals surface area contributed by atoms with E-state index in [-0.39, 0.29) is 6.54 Å². The first-order valence-corrected chi connectivity index (χ1v) is 8.76. The number of nitrogens with zero attached hydrogens (tertiary/aromatic N) is 1. The number of rotatable bonds is 4. The van der Waals surface area contributed by atoms with Gasteiger partial charge in [-0.1, -0.05) is 0 Å². The second kappa shape index (κ2) is 6.92. The third-order valence-electron chi connectivity index (χ3n) is 3.98. The average Bonchev–Trinajstić information content (AvgIpc) is 2.44. The van der Waals surface area contributed by atoms with Gasteiger partial charge in [-0.25, -0.2) is 8.78 Å². The lowest BCUT2D eigenvalue weighted by Crippen LogP contribution is -2.55. The van der Waals surface area contributed by atoms with Crippen LogP contribution in [0.1, 0.15) is 24.2 Å². The van der Waals surface area contributed by atoms with E-state index in [0.29, 0.717) is 36.7 Å². The van der Waals surface area contributed by atoms with Gasteiger partial charge in [-0.15, -0.1) is 0 Å². The van der Waals surface area contributed by atoms with Gasteiger partial charge in [-0.05, 0) is 13.8 Å². The predicted molar refractivity (Wildman–Crippen MR) is 83.9 cm³/mol. The van der Waals surface area contributed by atoms with Crippen molar-refractivity contribution in [2.75, 3.05) is 31.1 Å². The van der Waals surface area contributed by atoms with Crippen molar-refractivity contribution in [1.82, 2.24) is 10.2 Å². The summed E-state index contributed by atoms with van der Waals surface area (Å²) in [6.07, 6.45) is 0. The fourth-order valence-corrected chi connectivity index (χ4v) is 3.58. The predicted octanol–water partition coefficient (Wildman–Crippen LogP) is 1.24. The second-order valence-corrected chi connectivity index (χ2v) is 7.81. The number of phenols is 1. The minimum absolute atomic E-state index is 0.217. The smallest absolute Gasteiger partial charge is 0.258 e. The number of hydrogen-bond donors (Lipinski definition) is 2. The molecule has 8 heteroatoms. The minimum Gasteiger partial charge on any atom is -0.507 e. The maximum atomic E-state index is 13.7. The van der Waals surface area contributed by atoms with Gasteiger partial charge < -0.3 is 10.4 Å². The van der Waals surface area contributed by atoms with E-state index < -0.39 is 45.2 Å². The van der Waals surface area contributed by atoms with Crippen LogP contribution in [0.4, 0.5) is 8.78 Å². The molecule has 1 aliphatic rings. The normalized spacial score (nSPS) is 17.2. The van der Waals surface area contributed by atoms with Gasteiger partial charge in [-0.2, -0.15) is 0 Å². The average molecular weight is 346 g/mol. The highest BCUT2D eigenvalue weighted by atomic mass is 32.2. The van der Waals surface area contributed by atoms with Crippen LogP contribution in [0, 0.1) is 11.6 Å². The summed E-state index contributed by atoms with van der Waals surface area (Å²) in [4.78, 5) is 14.2. The molecule has 1 aromatic rings. The van der Waals surface area contributed by atoms with Crippen molar-refractivity contribution in [3.8, 4) is 5.75 Å². The van der Waals surface area contributed by atoms with Crippen molar-refractivity contribution in [2.24, 2.45) is 0 Å². The van der Waals surface area contributed by atoms with E-state index in [1.807, 2.05) is 13.8 Å². The van der Waals surface area contributed by atoms with Gasteiger partial charge in [0.1, 0.15) is 22.9 Å². The standard InChI is InChI=1S/C15H20F2N2O3S/c1-15(2,19-3-5-23(22)6-4-19)9-18-14(21)13-11(17)7-10(16)8-12(13)20/h7-8,20H,3-6,9H2,1-2H3,(H,18,21). The van der Waals surface area contributed by atoms with Gasteiger partial charge in [0, 0.05) is 59.6 Å². The number of carbonyl (C=O) groups is 1. The lowest BCUT2D eigenvalue weighted by atomic mass is 10.0. The van der Waals surface area contributed by atoms with Crippen LogP contribution in [-0.2, 0) is 10.8 Å². The number of amides is 1. The topological polar surface area (TPSA) is 69.6 Å². The summed E-state index contributed by atoms with van der Waals surface area (Å²) in [5.74, 6) is -2.40. The molecule has 1 amide bonds. The highest BCUT2D eigenvalue weighted by molar-refractivity contribution is 7.85. The van der Waals surface area contributed by atoms with Crippen LogP contribution in [0.15, 0.2) is 12.1 Å². The van der Waals surface area contributed by atoms with Crippen molar-refractivity contribution in [1.29, 1.82) is 0 Å². The zero-order chi connectivity index (χ0) is 17.2. The fraction of sp³-hybridized carbons (Fsp3) is 0.533. The Bertz CT molecular complexity index is 604. The summed E-state index contributed by atoms with van der Waals surface area (Å²) in [5, 5.41) is 12.1. The lowest BCUT2D eigenvalue weighted by Gasteiger charge is -2.40. The van der Waals surface area contributed by atoms with Gasteiger partial charge in [0.25, 0.3) is 5.91 Å². The number of phenolic OH excluding ortho intramolecular Hbond substituents is 1. The quantitative estimate of drug-likeness (QED) is 0.861. The van der Waals surface area contributed by atoms with Gasteiger partial charge >= 0.3 is 0 Å². The molecule has 0 radical (unpaired) electrons. The van der Waals surface area contributed by atoms with Crippen molar-refractivity contribution in [3.63, 3.8) is 0 Å². The Labute approximate surface area is 136 Å². The van der Waals surface area contributed by atoms with Gasteiger partial charge in [0.05, 0.1) is 0 Å². The molecule has 1 fully saturated rings.